The monoisotopic (exact) mass is 439 g/mol. The first-order valence-electron chi connectivity index (χ1n) is 10.5. The zero-order valence-electron chi connectivity index (χ0n) is 17.7. The zero-order chi connectivity index (χ0) is 21.4. The molecule has 1 amide bonds. The maximum atomic E-state index is 13.4. The first-order chi connectivity index (χ1) is 15.1. The third-order valence-electron chi connectivity index (χ3n) is 5.66. The lowest BCUT2D eigenvalue weighted by atomic mass is 10.0. The Hall–Kier alpha value is -2.62. The number of nitrogens with zero attached hydrogens (tertiary/aromatic N) is 5. The molecule has 0 aliphatic carbocycles. The number of pyridine rings is 1. The second kappa shape index (κ2) is 8.49. The molecule has 1 atom stereocenters. The molecule has 3 aromatic rings. The molecule has 3 aromatic heterocycles. The van der Waals surface area contributed by atoms with E-state index in [0.29, 0.717) is 39.5 Å². The van der Waals surface area contributed by atoms with Crippen molar-refractivity contribution < 1.29 is 14.3 Å². The number of thiophene rings is 1. The Bertz CT molecular complexity index is 1090. The fourth-order valence-corrected chi connectivity index (χ4v) is 5.39. The van der Waals surface area contributed by atoms with E-state index < -0.39 is 0 Å². The molecule has 162 valence electrons. The van der Waals surface area contributed by atoms with Crippen LogP contribution in [0.25, 0.3) is 10.2 Å². The van der Waals surface area contributed by atoms with Gasteiger partial charge in [0, 0.05) is 55.1 Å². The maximum Gasteiger partial charge on any atom is 0.264 e. The number of hydrogen-bond donors (Lipinski definition) is 0. The number of carbonyl (C=O) groups excluding carboxylic acids is 1. The second-order valence-corrected chi connectivity index (χ2v) is 8.82. The Balaban J connectivity index is 1.51. The molecule has 0 aromatic carbocycles. The highest BCUT2D eigenvalue weighted by Gasteiger charge is 2.32. The highest BCUT2D eigenvalue weighted by Crippen LogP contribution is 2.38. The van der Waals surface area contributed by atoms with Crippen LogP contribution in [0.3, 0.4) is 0 Å². The van der Waals surface area contributed by atoms with Crippen LogP contribution in [0.4, 0.5) is 5.82 Å². The van der Waals surface area contributed by atoms with Gasteiger partial charge in [-0.25, -0.2) is 15.0 Å². The van der Waals surface area contributed by atoms with E-state index in [1.165, 1.54) is 11.3 Å². The van der Waals surface area contributed by atoms with E-state index in [9.17, 15) is 4.79 Å². The standard InChI is InChI=1S/C22H25N5O3S/c1-14-12-18(25-15(2)24-14)27-8-11-30-17(13-27)19-16-4-3-5-23-21(16)31-20(19)22(28)26-6-9-29-10-7-26/h3-5,12,17H,6-11,13H2,1-2H3/t17-/m1/s1. The Kier molecular flexibility index (Phi) is 5.56. The number of rotatable bonds is 3. The normalized spacial score (nSPS) is 19.7. The Labute approximate surface area is 184 Å². The first-order valence-corrected chi connectivity index (χ1v) is 11.3. The molecular formula is C22H25N5O3S. The Morgan fingerprint density at radius 2 is 2.00 bits per heavy atom. The lowest BCUT2D eigenvalue weighted by Crippen LogP contribution is -2.42. The summed E-state index contributed by atoms with van der Waals surface area (Å²) < 4.78 is 11.6. The number of hydrogen-bond acceptors (Lipinski definition) is 8. The fraction of sp³-hybridized carbons (Fsp3) is 0.455. The average molecular weight is 440 g/mol. The molecule has 2 fully saturated rings. The van der Waals surface area contributed by atoms with Crippen molar-refractivity contribution in [2.45, 2.75) is 20.0 Å². The van der Waals surface area contributed by atoms with Crippen LogP contribution in [0, 0.1) is 13.8 Å². The summed E-state index contributed by atoms with van der Waals surface area (Å²) in [5.41, 5.74) is 1.88. The number of carbonyl (C=O) groups is 1. The third kappa shape index (κ3) is 4.00. The van der Waals surface area contributed by atoms with Gasteiger partial charge in [-0.05, 0) is 19.9 Å². The van der Waals surface area contributed by atoms with Gasteiger partial charge < -0.3 is 19.3 Å². The van der Waals surface area contributed by atoms with Crippen molar-refractivity contribution in [3.8, 4) is 0 Å². The number of aromatic nitrogens is 3. The minimum absolute atomic E-state index is 0.0377. The van der Waals surface area contributed by atoms with Gasteiger partial charge in [0.2, 0.25) is 0 Å². The van der Waals surface area contributed by atoms with Gasteiger partial charge in [-0.15, -0.1) is 11.3 Å². The molecule has 0 saturated carbocycles. The van der Waals surface area contributed by atoms with E-state index in [2.05, 4.69) is 19.9 Å². The number of ether oxygens (including phenoxy) is 2. The molecule has 5 heterocycles. The zero-order valence-corrected chi connectivity index (χ0v) is 18.5. The van der Waals surface area contributed by atoms with Gasteiger partial charge in [-0.1, -0.05) is 6.07 Å². The molecule has 0 bridgehead atoms. The van der Waals surface area contributed by atoms with Gasteiger partial charge in [-0.2, -0.15) is 0 Å². The summed E-state index contributed by atoms with van der Waals surface area (Å²) in [6, 6.07) is 5.95. The molecule has 31 heavy (non-hydrogen) atoms. The van der Waals surface area contributed by atoms with Gasteiger partial charge in [0.1, 0.15) is 27.5 Å². The van der Waals surface area contributed by atoms with Crippen LogP contribution in [0.2, 0.25) is 0 Å². The van der Waals surface area contributed by atoms with Gasteiger partial charge >= 0.3 is 0 Å². The van der Waals surface area contributed by atoms with E-state index >= 15 is 0 Å². The SMILES string of the molecule is Cc1cc(N2CCO[C@@H](c3c(C(=O)N4CCOCC4)sc4ncccc34)C2)nc(C)n1. The smallest absolute Gasteiger partial charge is 0.264 e. The highest BCUT2D eigenvalue weighted by atomic mass is 32.1. The molecular weight excluding hydrogens is 414 g/mol. The predicted molar refractivity (Wildman–Crippen MR) is 119 cm³/mol. The molecule has 9 heteroatoms. The van der Waals surface area contributed by atoms with Crippen LogP contribution in [-0.4, -0.2) is 71.8 Å². The van der Waals surface area contributed by atoms with Gasteiger partial charge in [-0.3, -0.25) is 4.79 Å². The molecule has 0 radical (unpaired) electrons. The van der Waals surface area contributed by atoms with Gasteiger partial charge in [0.05, 0.1) is 19.8 Å². The van der Waals surface area contributed by atoms with Crippen LogP contribution in [-0.2, 0) is 9.47 Å². The van der Waals surface area contributed by atoms with Crippen LogP contribution < -0.4 is 4.90 Å². The van der Waals surface area contributed by atoms with Gasteiger partial charge in [0.25, 0.3) is 5.91 Å². The second-order valence-electron chi connectivity index (χ2n) is 7.83. The quantitative estimate of drug-likeness (QED) is 0.621. The van der Waals surface area contributed by atoms with Crippen molar-refractivity contribution in [3.63, 3.8) is 0 Å². The summed E-state index contributed by atoms with van der Waals surface area (Å²) in [5, 5.41) is 0.992. The Morgan fingerprint density at radius 1 is 1.16 bits per heavy atom. The van der Waals surface area contributed by atoms with E-state index in [-0.39, 0.29) is 12.0 Å². The molecule has 8 nitrogen and oxygen atoms in total. The molecule has 2 aliphatic heterocycles. The van der Waals surface area contributed by atoms with E-state index in [1.54, 1.807) is 6.20 Å². The van der Waals surface area contributed by atoms with E-state index in [0.717, 1.165) is 44.5 Å². The average Bonchev–Trinajstić information content (AvgIpc) is 3.18. The van der Waals surface area contributed by atoms with E-state index in [4.69, 9.17) is 9.47 Å². The van der Waals surface area contributed by atoms with E-state index in [1.807, 2.05) is 36.9 Å². The van der Waals surface area contributed by atoms with Crippen LogP contribution in [0.15, 0.2) is 24.4 Å². The molecule has 0 spiro atoms. The third-order valence-corrected chi connectivity index (χ3v) is 6.78. The summed E-state index contributed by atoms with van der Waals surface area (Å²) in [4.78, 5) is 32.7. The number of amides is 1. The van der Waals surface area contributed by atoms with Crippen molar-refractivity contribution in [1.82, 2.24) is 19.9 Å². The highest BCUT2D eigenvalue weighted by molar-refractivity contribution is 7.20. The maximum absolute atomic E-state index is 13.4. The molecule has 0 unspecified atom stereocenters. The summed E-state index contributed by atoms with van der Waals surface area (Å²) >= 11 is 1.45. The number of fused-ring (bicyclic) bond motifs is 1. The topological polar surface area (TPSA) is 80.7 Å². The number of anilines is 1. The summed E-state index contributed by atoms with van der Waals surface area (Å²) in [7, 11) is 0. The molecule has 2 saturated heterocycles. The van der Waals surface area contributed by atoms with Crippen molar-refractivity contribution in [2.24, 2.45) is 0 Å². The lowest BCUT2D eigenvalue weighted by molar-refractivity contribution is 0.0281. The predicted octanol–water partition coefficient (Wildman–Crippen LogP) is 2.75. The molecule has 5 rings (SSSR count). The van der Waals surface area contributed by atoms with Crippen molar-refractivity contribution >= 4 is 33.3 Å². The van der Waals surface area contributed by atoms with Crippen molar-refractivity contribution in [1.29, 1.82) is 0 Å². The van der Waals surface area contributed by atoms with Crippen molar-refractivity contribution in [2.75, 3.05) is 50.9 Å². The summed E-state index contributed by atoms with van der Waals surface area (Å²) in [5.74, 6) is 1.69. The lowest BCUT2D eigenvalue weighted by Gasteiger charge is -2.34. The summed E-state index contributed by atoms with van der Waals surface area (Å²) in [6.45, 7) is 8.19. The first kappa shape index (κ1) is 20.3. The number of aryl methyl sites for hydroxylation is 2. The Morgan fingerprint density at radius 3 is 2.81 bits per heavy atom. The van der Waals surface area contributed by atoms with Crippen LogP contribution in [0.1, 0.15) is 32.9 Å². The van der Waals surface area contributed by atoms with Crippen LogP contribution >= 0.6 is 11.3 Å². The number of morpholine rings is 2. The van der Waals surface area contributed by atoms with Gasteiger partial charge in [0.15, 0.2) is 0 Å². The largest absolute Gasteiger partial charge is 0.378 e. The fourth-order valence-electron chi connectivity index (χ4n) is 4.23. The summed E-state index contributed by atoms with van der Waals surface area (Å²) in [6.07, 6.45) is 1.54. The minimum Gasteiger partial charge on any atom is -0.378 e. The van der Waals surface area contributed by atoms with Crippen LogP contribution in [0.5, 0.6) is 0 Å². The molecule has 0 N–H and O–H groups in total. The van der Waals surface area contributed by atoms with Crippen molar-refractivity contribution in [3.05, 3.63) is 46.4 Å². The molecule has 2 aliphatic rings. The minimum atomic E-state index is -0.234.